The summed E-state index contributed by atoms with van der Waals surface area (Å²) >= 11 is 0. The first-order chi connectivity index (χ1) is 18.3. The maximum absolute atomic E-state index is 13.6. The molecule has 2 aliphatic heterocycles. The summed E-state index contributed by atoms with van der Waals surface area (Å²) in [5.41, 5.74) is 4.45. The van der Waals surface area contributed by atoms with Crippen LogP contribution in [0.25, 0.3) is 0 Å². The van der Waals surface area contributed by atoms with Crippen molar-refractivity contribution in [2.75, 3.05) is 37.2 Å². The highest BCUT2D eigenvalue weighted by molar-refractivity contribution is 7.92. The van der Waals surface area contributed by atoms with Crippen LogP contribution in [0.15, 0.2) is 71.6 Å². The molecule has 1 N–H and O–H groups in total. The van der Waals surface area contributed by atoms with Crippen molar-refractivity contribution in [1.29, 1.82) is 0 Å². The van der Waals surface area contributed by atoms with Crippen molar-refractivity contribution in [3.8, 4) is 5.75 Å². The fraction of sp³-hybridized carbons (Fsp3) is 0.345. The minimum absolute atomic E-state index is 0.116. The lowest BCUT2D eigenvalue weighted by molar-refractivity contribution is -0.127. The molecule has 1 fully saturated rings. The zero-order valence-corrected chi connectivity index (χ0v) is 22.5. The Kier molecular flexibility index (Phi) is 7.69. The summed E-state index contributed by atoms with van der Waals surface area (Å²) in [5, 5.41) is 2.94. The Morgan fingerprint density at radius 1 is 0.947 bits per heavy atom. The van der Waals surface area contributed by atoms with E-state index in [-0.39, 0.29) is 17.3 Å². The molecule has 0 bridgehead atoms. The number of anilines is 1. The Bertz CT molecular complexity index is 1400. The van der Waals surface area contributed by atoms with Crippen molar-refractivity contribution >= 4 is 21.6 Å². The van der Waals surface area contributed by atoms with Crippen LogP contribution >= 0.6 is 0 Å². The van der Waals surface area contributed by atoms with Gasteiger partial charge in [-0.15, -0.1) is 0 Å². The van der Waals surface area contributed by atoms with E-state index in [0.717, 1.165) is 49.5 Å². The molecule has 9 heteroatoms. The predicted molar refractivity (Wildman–Crippen MR) is 146 cm³/mol. The lowest BCUT2D eigenvalue weighted by Gasteiger charge is -2.35. The largest absolute Gasteiger partial charge is 0.476 e. The van der Waals surface area contributed by atoms with Crippen molar-refractivity contribution in [3.63, 3.8) is 0 Å². The lowest BCUT2D eigenvalue weighted by Crippen LogP contribution is -2.50. The van der Waals surface area contributed by atoms with E-state index in [0.29, 0.717) is 18.0 Å². The first-order valence-electron chi connectivity index (χ1n) is 12.8. The summed E-state index contributed by atoms with van der Waals surface area (Å²) in [7, 11) is -3.90. The molecule has 38 heavy (non-hydrogen) atoms. The average molecular weight is 536 g/mol. The number of fused-ring (bicyclic) bond motifs is 1. The number of hydrogen-bond acceptors (Lipinski definition) is 6. The molecule has 3 aromatic rings. The van der Waals surface area contributed by atoms with E-state index in [1.54, 1.807) is 36.4 Å². The Labute approximate surface area is 224 Å². The SMILES string of the molecule is Cc1ccc(S(=O)(=O)N2C[C@@H](C(=O)NCc3cccc(CN4CCOCC4)c3)Oc3ccc(C)cc32)cc1. The smallest absolute Gasteiger partial charge is 0.264 e. The number of ether oxygens (including phenoxy) is 2. The van der Waals surface area contributed by atoms with E-state index in [2.05, 4.69) is 22.3 Å². The number of amides is 1. The second-order valence-electron chi connectivity index (χ2n) is 9.85. The van der Waals surface area contributed by atoms with E-state index in [4.69, 9.17) is 9.47 Å². The van der Waals surface area contributed by atoms with Crippen LogP contribution in [-0.4, -0.2) is 58.2 Å². The van der Waals surface area contributed by atoms with Crippen LogP contribution in [0, 0.1) is 13.8 Å². The maximum atomic E-state index is 13.6. The topological polar surface area (TPSA) is 88.2 Å². The van der Waals surface area contributed by atoms with Crippen LogP contribution in [0.5, 0.6) is 5.75 Å². The lowest BCUT2D eigenvalue weighted by atomic mass is 10.1. The first kappa shape index (κ1) is 26.2. The van der Waals surface area contributed by atoms with Crippen LogP contribution in [-0.2, 0) is 32.6 Å². The number of hydrogen-bond donors (Lipinski definition) is 1. The van der Waals surface area contributed by atoms with Gasteiger partial charge in [-0.1, -0.05) is 48.0 Å². The Morgan fingerprint density at radius 3 is 2.42 bits per heavy atom. The van der Waals surface area contributed by atoms with Gasteiger partial charge in [-0.05, 0) is 54.8 Å². The number of nitrogens with one attached hydrogen (secondary N) is 1. The fourth-order valence-corrected chi connectivity index (χ4v) is 6.19. The number of morpholine rings is 1. The van der Waals surface area contributed by atoms with Crippen molar-refractivity contribution in [2.45, 2.75) is 37.9 Å². The number of carbonyl (C=O) groups is 1. The van der Waals surface area contributed by atoms with Gasteiger partial charge < -0.3 is 14.8 Å². The highest BCUT2D eigenvalue weighted by atomic mass is 32.2. The molecular weight excluding hydrogens is 502 g/mol. The molecule has 2 heterocycles. The second-order valence-corrected chi connectivity index (χ2v) is 11.7. The number of sulfonamides is 1. The molecule has 1 saturated heterocycles. The highest BCUT2D eigenvalue weighted by Gasteiger charge is 2.37. The predicted octanol–water partition coefficient (Wildman–Crippen LogP) is 3.41. The van der Waals surface area contributed by atoms with Crippen molar-refractivity contribution in [3.05, 3.63) is 89.0 Å². The quantitative estimate of drug-likeness (QED) is 0.499. The Balaban J connectivity index is 1.31. The summed E-state index contributed by atoms with van der Waals surface area (Å²) in [6.45, 7) is 8.14. The normalized spacial score (nSPS) is 17.9. The molecule has 0 aromatic heterocycles. The van der Waals surface area contributed by atoms with Gasteiger partial charge in [-0.2, -0.15) is 0 Å². The van der Waals surface area contributed by atoms with Crippen molar-refractivity contribution in [1.82, 2.24) is 10.2 Å². The molecule has 1 atom stereocenters. The summed E-state index contributed by atoms with van der Waals surface area (Å²) in [6, 6.07) is 20.2. The van der Waals surface area contributed by atoms with Crippen molar-refractivity contribution in [2.24, 2.45) is 0 Å². The summed E-state index contributed by atoms with van der Waals surface area (Å²) < 4.78 is 40.0. The average Bonchev–Trinajstić information content (AvgIpc) is 2.92. The highest BCUT2D eigenvalue weighted by Crippen LogP contribution is 2.37. The molecule has 0 unspecified atom stereocenters. The molecule has 0 saturated carbocycles. The minimum atomic E-state index is -3.90. The van der Waals surface area contributed by atoms with Gasteiger partial charge in [-0.25, -0.2) is 8.42 Å². The van der Waals surface area contributed by atoms with Gasteiger partial charge in [0.15, 0.2) is 6.10 Å². The fourth-order valence-electron chi connectivity index (χ4n) is 4.72. The zero-order valence-electron chi connectivity index (χ0n) is 21.7. The molecule has 8 nitrogen and oxygen atoms in total. The molecule has 200 valence electrons. The van der Waals surface area contributed by atoms with Gasteiger partial charge >= 0.3 is 0 Å². The first-order valence-corrected chi connectivity index (χ1v) is 14.3. The van der Waals surface area contributed by atoms with Crippen LogP contribution in [0.2, 0.25) is 0 Å². The maximum Gasteiger partial charge on any atom is 0.264 e. The molecule has 3 aromatic carbocycles. The van der Waals surface area contributed by atoms with E-state index < -0.39 is 16.1 Å². The molecule has 0 aliphatic carbocycles. The summed E-state index contributed by atoms with van der Waals surface area (Å²) in [5.74, 6) is 0.00380. The van der Waals surface area contributed by atoms with E-state index in [1.807, 2.05) is 32.0 Å². The van der Waals surface area contributed by atoms with E-state index >= 15 is 0 Å². The summed E-state index contributed by atoms with van der Waals surface area (Å²) in [6.07, 6.45) is -0.984. The van der Waals surface area contributed by atoms with Gasteiger partial charge in [0, 0.05) is 26.2 Å². The molecule has 5 rings (SSSR count). The Morgan fingerprint density at radius 2 is 1.66 bits per heavy atom. The van der Waals surface area contributed by atoms with Crippen molar-refractivity contribution < 1.29 is 22.7 Å². The standard InChI is InChI=1S/C29H33N3O5S/c1-21-6-9-25(10-7-21)38(34,35)32-20-28(37-27-11-8-22(2)16-26(27)32)29(33)30-18-23-4-3-5-24(17-23)19-31-12-14-36-15-13-31/h3-11,16-17,28H,12-15,18-20H2,1-2H3,(H,30,33)/t28-/m0/s1. The van der Waals surface area contributed by atoms with Crippen LogP contribution in [0.4, 0.5) is 5.69 Å². The number of rotatable bonds is 7. The monoisotopic (exact) mass is 535 g/mol. The van der Waals surface area contributed by atoms with Crippen LogP contribution in [0.3, 0.4) is 0 Å². The van der Waals surface area contributed by atoms with Crippen LogP contribution < -0.4 is 14.4 Å². The van der Waals surface area contributed by atoms with E-state index in [9.17, 15) is 13.2 Å². The van der Waals surface area contributed by atoms with Gasteiger partial charge in [-0.3, -0.25) is 14.0 Å². The van der Waals surface area contributed by atoms with Gasteiger partial charge in [0.25, 0.3) is 15.9 Å². The van der Waals surface area contributed by atoms with Crippen LogP contribution in [0.1, 0.15) is 22.3 Å². The minimum Gasteiger partial charge on any atom is -0.476 e. The summed E-state index contributed by atoms with van der Waals surface area (Å²) in [4.78, 5) is 15.7. The molecule has 1 amide bonds. The Hall–Kier alpha value is -3.40. The number of benzene rings is 3. The van der Waals surface area contributed by atoms with Gasteiger partial charge in [0.2, 0.25) is 0 Å². The number of carbonyl (C=O) groups excluding carboxylic acids is 1. The molecule has 2 aliphatic rings. The third-order valence-electron chi connectivity index (χ3n) is 6.85. The molecular formula is C29H33N3O5S. The second kappa shape index (κ2) is 11.1. The zero-order chi connectivity index (χ0) is 26.7. The van der Waals surface area contributed by atoms with E-state index in [1.165, 1.54) is 9.87 Å². The third kappa shape index (κ3) is 5.85. The van der Waals surface area contributed by atoms with Gasteiger partial charge in [0.1, 0.15) is 5.75 Å². The number of aryl methyl sites for hydroxylation is 2. The molecule has 0 spiro atoms. The molecule has 0 radical (unpaired) electrons. The third-order valence-corrected chi connectivity index (χ3v) is 8.65. The number of nitrogens with zero attached hydrogens (tertiary/aromatic N) is 2. The van der Waals surface area contributed by atoms with Gasteiger partial charge in [0.05, 0.1) is 30.3 Å².